The van der Waals surface area contributed by atoms with Crippen LogP contribution >= 0.6 is 0 Å². The molecule has 1 rings (SSSR count). The first-order valence-corrected chi connectivity index (χ1v) is 5.09. The highest BCUT2D eigenvalue weighted by atomic mass is 16.3. The SMILES string of the molecule is CCCC.N#CC=Cc1ccc(O)cc1. The zero-order valence-electron chi connectivity index (χ0n) is 9.27. The van der Waals surface area contributed by atoms with Crippen molar-refractivity contribution in [2.24, 2.45) is 0 Å². The molecule has 1 N–H and O–H groups in total. The number of nitrogens with zero attached hydrogens (tertiary/aromatic N) is 1. The van der Waals surface area contributed by atoms with Gasteiger partial charge >= 0.3 is 0 Å². The summed E-state index contributed by atoms with van der Waals surface area (Å²) < 4.78 is 0. The van der Waals surface area contributed by atoms with E-state index in [0.717, 1.165) is 5.56 Å². The van der Waals surface area contributed by atoms with Crippen LogP contribution in [-0.2, 0) is 0 Å². The third-order valence-corrected chi connectivity index (χ3v) is 1.74. The Kier molecular flexibility index (Phi) is 7.80. The maximum Gasteiger partial charge on any atom is 0.115 e. The first kappa shape index (κ1) is 13.2. The molecule has 0 fully saturated rings. The lowest BCUT2D eigenvalue weighted by Crippen LogP contribution is -1.68. The minimum Gasteiger partial charge on any atom is -0.508 e. The van der Waals surface area contributed by atoms with Crippen molar-refractivity contribution in [1.29, 1.82) is 5.26 Å². The fourth-order valence-corrected chi connectivity index (χ4v) is 0.719. The van der Waals surface area contributed by atoms with Gasteiger partial charge in [0, 0.05) is 6.08 Å². The summed E-state index contributed by atoms with van der Waals surface area (Å²) in [6.45, 7) is 4.36. The van der Waals surface area contributed by atoms with Crippen molar-refractivity contribution in [3.05, 3.63) is 35.9 Å². The third-order valence-electron chi connectivity index (χ3n) is 1.74. The minimum absolute atomic E-state index is 0.235. The highest BCUT2D eigenvalue weighted by Crippen LogP contribution is 2.10. The van der Waals surface area contributed by atoms with Gasteiger partial charge in [0.2, 0.25) is 0 Å². The molecule has 0 bridgehead atoms. The van der Waals surface area contributed by atoms with E-state index < -0.39 is 0 Å². The van der Waals surface area contributed by atoms with E-state index in [1.54, 1.807) is 30.3 Å². The first-order valence-electron chi connectivity index (χ1n) is 5.09. The maximum absolute atomic E-state index is 8.89. The molecule has 0 aliphatic rings. The Labute approximate surface area is 91.5 Å². The summed E-state index contributed by atoms with van der Waals surface area (Å²) in [6.07, 6.45) is 5.71. The molecule has 0 aliphatic heterocycles. The summed E-state index contributed by atoms with van der Waals surface area (Å²) in [7, 11) is 0. The van der Waals surface area contributed by atoms with Gasteiger partial charge in [0.25, 0.3) is 0 Å². The zero-order chi connectivity index (χ0) is 11.5. The number of nitriles is 1. The van der Waals surface area contributed by atoms with Gasteiger partial charge in [-0.25, -0.2) is 0 Å². The van der Waals surface area contributed by atoms with Crippen LogP contribution in [0.1, 0.15) is 32.3 Å². The summed E-state index contributed by atoms with van der Waals surface area (Å²) in [4.78, 5) is 0. The Morgan fingerprint density at radius 3 is 2.13 bits per heavy atom. The van der Waals surface area contributed by atoms with Gasteiger partial charge in [-0.1, -0.05) is 38.8 Å². The van der Waals surface area contributed by atoms with E-state index in [1.807, 2.05) is 6.07 Å². The van der Waals surface area contributed by atoms with Crippen LogP contribution in [0.15, 0.2) is 30.3 Å². The number of phenols is 1. The molecule has 0 saturated carbocycles. The molecule has 80 valence electrons. The van der Waals surface area contributed by atoms with Crippen molar-refractivity contribution in [2.75, 3.05) is 0 Å². The molecular formula is C13H17NO. The largest absolute Gasteiger partial charge is 0.508 e. The van der Waals surface area contributed by atoms with Crippen LogP contribution in [0.25, 0.3) is 6.08 Å². The summed E-state index contributed by atoms with van der Waals surface area (Å²) in [5, 5.41) is 17.1. The number of phenolic OH excluding ortho intramolecular Hbond substituents is 1. The van der Waals surface area contributed by atoms with E-state index in [0.29, 0.717) is 0 Å². The second-order valence-corrected chi connectivity index (χ2v) is 3.05. The average Bonchev–Trinajstić information content (AvgIpc) is 2.29. The Balaban J connectivity index is 0.000000423. The van der Waals surface area contributed by atoms with Crippen molar-refractivity contribution < 1.29 is 5.11 Å². The van der Waals surface area contributed by atoms with Crippen LogP contribution in [0.2, 0.25) is 0 Å². The number of benzene rings is 1. The number of hydrogen-bond acceptors (Lipinski definition) is 2. The topological polar surface area (TPSA) is 44.0 Å². The van der Waals surface area contributed by atoms with Gasteiger partial charge < -0.3 is 5.11 Å². The molecule has 0 aromatic heterocycles. The molecule has 1 aromatic rings. The van der Waals surface area contributed by atoms with E-state index in [2.05, 4.69) is 13.8 Å². The van der Waals surface area contributed by atoms with Crippen molar-refractivity contribution in [3.63, 3.8) is 0 Å². The lowest BCUT2D eigenvalue weighted by Gasteiger charge is -1.91. The van der Waals surface area contributed by atoms with Crippen molar-refractivity contribution in [1.82, 2.24) is 0 Å². The summed E-state index contributed by atoms with van der Waals surface area (Å²) in [5.41, 5.74) is 0.907. The Morgan fingerprint density at radius 2 is 1.73 bits per heavy atom. The van der Waals surface area contributed by atoms with E-state index >= 15 is 0 Å². The molecule has 0 amide bonds. The lowest BCUT2D eigenvalue weighted by molar-refractivity contribution is 0.475. The summed E-state index contributed by atoms with van der Waals surface area (Å²) >= 11 is 0. The minimum atomic E-state index is 0.235. The number of aromatic hydroxyl groups is 1. The fraction of sp³-hybridized carbons (Fsp3) is 0.308. The van der Waals surface area contributed by atoms with Gasteiger partial charge in [-0.3, -0.25) is 0 Å². The predicted octanol–water partition coefficient (Wildman–Crippen LogP) is 3.74. The zero-order valence-corrected chi connectivity index (χ0v) is 9.27. The number of allylic oxidation sites excluding steroid dienone is 1. The van der Waals surface area contributed by atoms with E-state index in [-0.39, 0.29) is 5.75 Å². The molecule has 0 unspecified atom stereocenters. The molecule has 0 atom stereocenters. The van der Waals surface area contributed by atoms with Crippen LogP contribution in [0.5, 0.6) is 5.75 Å². The Hall–Kier alpha value is -1.75. The monoisotopic (exact) mass is 203 g/mol. The van der Waals surface area contributed by atoms with Crippen LogP contribution in [-0.4, -0.2) is 5.11 Å². The van der Waals surface area contributed by atoms with Crippen LogP contribution in [0.3, 0.4) is 0 Å². The third kappa shape index (κ3) is 7.33. The fourth-order valence-electron chi connectivity index (χ4n) is 0.719. The van der Waals surface area contributed by atoms with E-state index in [9.17, 15) is 0 Å². The van der Waals surface area contributed by atoms with Crippen LogP contribution < -0.4 is 0 Å². The lowest BCUT2D eigenvalue weighted by atomic mass is 10.2. The molecule has 0 aliphatic carbocycles. The summed E-state index contributed by atoms with van der Waals surface area (Å²) in [5.74, 6) is 0.235. The van der Waals surface area contributed by atoms with Gasteiger partial charge in [-0.2, -0.15) is 5.26 Å². The van der Waals surface area contributed by atoms with Gasteiger partial charge in [0.1, 0.15) is 5.75 Å². The molecule has 2 nitrogen and oxygen atoms in total. The highest BCUT2D eigenvalue weighted by Gasteiger charge is 1.85. The quantitative estimate of drug-likeness (QED) is 0.744. The molecule has 15 heavy (non-hydrogen) atoms. The van der Waals surface area contributed by atoms with Crippen molar-refractivity contribution >= 4 is 6.08 Å². The Bertz CT molecular complexity index is 317. The molecule has 0 saturated heterocycles. The highest BCUT2D eigenvalue weighted by molar-refractivity contribution is 5.52. The normalized spacial score (nSPS) is 9.13. The van der Waals surface area contributed by atoms with E-state index in [1.165, 1.54) is 18.9 Å². The smallest absolute Gasteiger partial charge is 0.115 e. The first-order chi connectivity index (χ1) is 7.24. The van der Waals surface area contributed by atoms with E-state index in [4.69, 9.17) is 10.4 Å². The molecular weight excluding hydrogens is 186 g/mol. The molecule has 0 heterocycles. The number of unbranched alkanes of at least 4 members (excludes halogenated alkanes) is 1. The van der Waals surface area contributed by atoms with Gasteiger partial charge in [-0.15, -0.1) is 0 Å². The van der Waals surface area contributed by atoms with Gasteiger partial charge in [0.15, 0.2) is 0 Å². The van der Waals surface area contributed by atoms with Crippen LogP contribution in [0, 0.1) is 11.3 Å². The molecule has 0 spiro atoms. The number of hydrogen-bond donors (Lipinski definition) is 1. The summed E-state index contributed by atoms with van der Waals surface area (Å²) in [6, 6.07) is 8.53. The standard InChI is InChI=1S/C9H7NO.C4H10/c10-7-1-2-8-3-5-9(11)6-4-8;1-3-4-2/h1-6,11H;3-4H2,1-2H3. The maximum atomic E-state index is 8.89. The average molecular weight is 203 g/mol. The Morgan fingerprint density at radius 1 is 1.20 bits per heavy atom. The molecule has 2 heteroatoms. The van der Waals surface area contributed by atoms with Crippen LogP contribution in [0.4, 0.5) is 0 Å². The molecule has 0 radical (unpaired) electrons. The van der Waals surface area contributed by atoms with Gasteiger partial charge in [0.05, 0.1) is 6.07 Å². The van der Waals surface area contributed by atoms with Crippen molar-refractivity contribution in [3.8, 4) is 11.8 Å². The van der Waals surface area contributed by atoms with Crippen molar-refractivity contribution in [2.45, 2.75) is 26.7 Å². The number of rotatable bonds is 2. The van der Waals surface area contributed by atoms with Gasteiger partial charge in [-0.05, 0) is 23.8 Å². The predicted molar refractivity (Wildman–Crippen MR) is 63.3 cm³/mol. The second-order valence-electron chi connectivity index (χ2n) is 3.05. The molecule has 1 aromatic carbocycles. The second kappa shape index (κ2) is 8.83.